The predicted molar refractivity (Wildman–Crippen MR) is 53.1 cm³/mol. The second-order valence-corrected chi connectivity index (χ2v) is 5.40. The molecule has 0 aromatic heterocycles. The maximum Gasteiger partial charge on any atom is 0.208 e. The van der Waals surface area contributed by atoms with E-state index in [-0.39, 0.29) is 0 Å². The van der Waals surface area contributed by atoms with Crippen LogP contribution in [-0.4, -0.2) is 45.8 Å². The molecule has 0 aromatic rings. The van der Waals surface area contributed by atoms with Gasteiger partial charge in [-0.1, -0.05) is 6.42 Å². The van der Waals surface area contributed by atoms with E-state index in [1.54, 1.807) is 0 Å². The largest absolute Gasteiger partial charge is 0.302 e. The fraction of sp³-hybridized carbons (Fsp3) is 1.00. The zero-order valence-corrected chi connectivity index (χ0v) is 8.94. The molecule has 0 amide bonds. The molecule has 1 aliphatic heterocycles. The zero-order chi connectivity index (χ0) is 9.73. The molecule has 1 rings (SSSR count). The average Bonchev–Trinajstić information content (AvgIpc) is 2.04. The lowest BCUT2D eigenvalue weighted by Gasteiger charge is -2.26. The van der Waals surface area contributed by atoms with E-state index >= 15 is 0 Å². The van der Waals surface area contributed by atoms with Gasteiger partial charge in [-0.05, 0) is 25.9 Å². The highest BCUT2D eigenvalue weighted by Crippen LogP contribution is 2.07. The fourth-order valence-electron chi connectivity index (χ4n) is 1.57. The second-order valence-electron chi connectivity index (χ2n) is 3.57. The summed E-state index contributed by atoms with van der Waals surface area (Å²) in [6.45, 7) is 3.61. The van der Waals surface area contributed by atoms with Crippen LogP contribution in [0, 0.1) is 0 Å². The van der Waals surface area contributed by atoms with Crippen molar-refractivity contribution in [1.82, 2.24) is 9.62 Å². The molecule has 0 atom stereocenters. The summed E-state index contributed by atoms with van der Waals surface area (Å²) < 4.78 is 24.0. The van der Waals surface area contributed by atoms with E-state index in [9.17, 15) is 8.42 Å². The number of piperidine rings is 1. The molecule has 1 N–H and O–H groups in total. The molecule has 0 spiro atoms. The standard InChI is InChI=1S/C8H18N2O2S/c1-13(11,12)9-5-8-10-6-3-2-4-7-10/h9H,2-8H2,1H3. The first kappa shape index (κ1) is 10.9. The predicted octanol–water partition coefficient (Wildman–Crippen LogP) is 0.0215. The maximum atomic E-state index is 10.7. The quantitative estimate of drug-likeness (QED) is 0.705. The van der Waals surface area contributed by atoms with Gasteiger partial charge in [-0.3, -0.25) is 0 Å². The van der Waals surface area contributed by atoms with Gasteiger partial charge in [0.25, 0.3) is 0 Å². The van der Waals surface area contributed by atoms with Crippen LogP contribution in [0.5, 0.6) is 0 Å². The summed E-state index contributed by atoms with van der Waals surface area (Å²) in [6.07, 6.45) is 5.01. The number of nitrogens with one attached hydrogen (secondary N) is 1. The highest BCUT2D eigenvalue weighted by Gasteiger charge is 2.09. The first-order valence-corrected chi connectivity index (χ1v) is 6.64. The van der Waals surface area contributed by atoms with Crippen LogP contribution in [0.25, 0.3) is 0 Å². The van der Waals surface area contributed by atoms with Crippen molar-refractivity contribution in [3.63, 3.8) is 0 Å². The van der Waals surface area contributed by atoms with Crippen molar-refractivity contribution in [2.45, 2.75) is 19.3 Å². The van der Waals surface area contributed by atoms with Gasteiger partial charge in [-0.2, -0.15) is 0 Å². The van der Waals surface area contributed by atoms with Crippen molar-refractivity contribution in [1.29, 1.82) is 0 Å². The van der Waals surface area contributed by atoms with Crippen LogP contribution in [0.1, 0.15) is 19.3 Å². The molecule has 1 heterocycles. The topological polar surface area (TPSA) is 49.4 Å². The molecule has 1 fully saturated rings. The molecular formula is C8H18N2O2S. The molecule has 0 radical (unpaired) electrons. The van der Waals surface area contributed by atoms with Crippen LogP contribution < -0.4 is 4.72 Å². The minimum Gasteiger partial charge on any atom is -0.302 e. The van der Waals surface area contributed by atoms with Crippen molar-refractivity contribution < 1.29 is 8.42 Å². The Morgan fingerprint density at radius 1 is 1.23 bits per heavy atom. The van der Waals surface area contributed by atoms with Gasteiger partial charge in [-0.25, -0.2) is 13.1 Å². The summed E-state index contributed by atoms with van der Waals surface area (Å²) >= 11 is 0. The summed E-state index contributed by atoms with van der Waals surface area (Å²) in [7, 11) is -3.00. The van der Waals surface area contributed by atoms with Crippen molar-refractivity contribution in [3.8, 4) is 0 Å². The third-order valence-corrected chi connectivity index (χ3v) is 2.97. The smallest absolute Gasteiger partial charge is 0.208 e. The van der Waals surface area contributed by atoms with Crippen molar-refractivity contribution in [3.05, 3.63) is 0 Å². The van der Waals surface area contributed by atoms with Crippen molar-refractivity contribution in [2.24, 2.45) is 0 Å². The number of rotatable bonds is 4. The summed E-state index contributed by atoms with van der Waals surface area (Å²) in [6, 6.07) is 0. The molecule has 0 aromatic carbocycles. The van der Waals surface area contributed by atoms with E-state index in [0.717, 1.165) is 19.6 Å². The normalized spacial score (nSPS) is 20.4. The van der Waals surface area contributed by atoms with Gasteiger partial charge in [0, 0.05) is 13.1 Å². The van der Waals surface area contributed by atoms with Crippen LogP contribution in [0.3, 0.4) is 0 Å². The van der Waals surface area contributed by atoms with E-state index in [1.165, 1.54) is 25.5 Å². The molecule has 0 unspecified atom stereocenters. The third kappa shape index (κ3) is 5.23. The number of hydrogen-bond acceptors (Lipinski definition) is 3. The Hall–Kier alpha value is -0.130. The lowest BCUT2D eigenvalue weighted by molar-refractivity contribution is 0.233. The summed E-state index contributed by atoms with van der Waals surface area (Å²) in [5.41, 5.74) is 0. The Balaban J connectivity index is 2.11. The summed E-state index contributed by atoms with van der Waals surface area (Å²) in [5.74, 6) is 0. The lowest BCUT2D eigenvalue weighted by atomic mass is 10.1. The van der Waals surface area contributed by atoms with E-state index < -0.39 is 10.0 Å². The zero-order valence-electron chi connectivity index (χ0n) is 8.12. The fourth-order valence-corrected chi connectivity index (χ4v) is 2.03. The Kier molecular flexibility index (Phi) is 4.15. The van der Waals surface area contributed by atoms with Crippen molar-refractivity contribution in [2.75, 3.05) is 32.4 Å². The lowest BCUT2D eigenvalue weighted by Crippen LogP contribution is -2.37. The number of sulfonamides is 1. The van der Waals surface area contributed by atoms with Gasteiger partial charge < -0.3 is 4.90 Å². The minimum absolute atomic E-state index is 0.541. The Bertz CT molecular complexity index is 233. The van der Waals surface area contributed by atoms with Gasteiger partial charge >= 0.3 is 0 Å². The monoisotopic (exact) mass is 206 g/mol. The molecule has 1 saturated heterocycles. The van der Waals surface area contributed by atoms with Crippen LogP contribution in [-0.2, 0) is 10.0 Å². The molecule has 0 bridgehead atoms. The summed E-state index contributed by atoms with van der Waals surface area (Å²) in [4.78, 5) is 2.31. The van der Waals surface area contributed by atoms with E-state index in [1.807, 2.05) is 0 Å². The molecule has 0 saturated carbocycles. The SMILES string of the molecule is CS(=O)(=O)NCCN1CCCCC1. The third-order valence-electron chi connectivity index (χ3n) is 2.24. The Morgan fingerprint density at radius 2 is 1.85 bits per heavy atom. The first-order chi connectivity index (χ1) is 6.08. The number of likely N-dealkylation sites (tertiary alicyclic amines) is 1. The van der Waals surface area contributed by atoms with Gasteiger partial charge in [0.1, 0.15) is 0 Å². The molecule has 13 heavy (non-hydrogen) atoms. The van der Waals surface area contributed by atoms with Gasteiger partial charge in [-0.15, -0.1) is 0 Å². The van der Waals surface area contributed by atoms with E-state index in [0.29, 0.717) is 6.54 Å². The van der Waals surface area contributed by atoms with Crippen LogP contribution in [0.15, 0.2) is 0 Å². The second kappa shape index (κ2) is 4.93. The minimum atomic E-state index is -3.00. The highest BCUT2D eigenvalue weighted by atomic mass is 32.2. The highest BCUT2D eigenvalue weighted by molar-refractivity contribution is 7.88. The van der Waals surface area contributed by atoms with Crippen molar-refractivity contribution >= 4 is 10.0 Å². The van der Waals surface area contributed by atoms with Crippen LogP contribution >= 0.6 is 0 Å². The average molecular weight is 206 g/mol. The molecule has 78 valence electrons. The molecular weight excluding hydrogens is 188 g/mol. The molecule has 1 aliphatic rings. The van der Waals surface area contributed by atoms with E-state index in [4.69, 9.17) is 0 Å². The summed E-state index contributed by atoms with van der Waals surface area (Å²) in [5, 5.41) is 0. The van der Waals surface area contributed by atoms with Gasteiger partial charge in [0.15, 0.2) is 0 Å². The van der Waals surface area contributed by atoms with Gasteiger partial charge in [0.05, 0.1) is 6.26 Å². The molecule has 5 heteroatoms. The van der Waals surface area contributed by atoms with Crippen LogP contribution in [0.2, 0.25) is 0 Å². The number of nitrogens with zero attached hydrogens (tertiary/aromatic N) is 1. The number of hydrogen-bond donors (Lipinski definition) is 1. The maximum absolute atomic E-state index is 10.7. The van der Waals surface area contributed by atoms with E-state index in [2.05, 4.69) is 9.62 Å². The molecule has 0 aliphatic carbocycles. The van der Waals surface area contributed by atoms with Crippen LogP contribution in [0.4, 0.5) is 0 Å². The van der Waals surface area contributed by atoms with Gasteiger partial charge in [0.2, 0.25) is 10.0 Å². The molecule has 4 nitrogen and oxygen atoms in total. The Labute approximate surface area is 80.4 Å². The first-order valence-electron chi connectivity index (χ1n) is 4.75. The Morgan fingerprint density at radius 3 is 2.38 bits per heavy atom.